The topological polar surface area (TPSA) is 131 Å². The van der Waals surface area contributed by atoms with Crippen LogP contribution < -0.4 is 11.1 Å². The smallest absolute Gasteiger partial charge is 0.350 e. The molecule has 2 atom stereocenters. The first-order chi connectivity index (χ1) is 17.8. The molecule has 196 valence electrons. The van der Waals surface area contributed by atoms with Gasteiger partial charge in [0.25, 0.3) is 5.60 Å². The molecule has 8 heteroatoms. The molecule has 0 spiro atoms. The van der Waals surface area contributed by atoms with Gasteiger partial charge in [-0.2, -0.15) is 0 Å². The van der Waals surface area contributed by atoms with Gasteiger partial charge < -0.3 is 25.6 Å². The number of ether oxygens (including phenoxy) is 2. The van der Waals surface area contributed by atoms with Crippen molar-refractivity contribution in [1.82, 2.24) is 5.32 Å². The van der Waals surface area contributed by atoms with Crippen molar-refractivity contribution >= 4 is 17.5 Å². The fraction of sp³-hybridized carbons (Fsp3) is 0.483. The zero-order chi connectivity index (χ0) is 26.2. The summed E-state index contributed by atoms with van der Waals surface area (Å²) < 4.78 is 11.8. The first-order valence-electron chi connectivity index (χ1n) is 13.1. The molecular weight excluding hydrogens is 472 g/mol. The van der Waals surface area contributed by atoms with E-state index in [1.165, 1.54) is 0 Å². The third-order valence-electron chi connectivity index (χ3n) is 8.13. The number of nitrogens with one attached hydrogen (secondary N) is 1. The highest BCUT2D eigenvalue weighted by Gasteiger charge is 2.85. The fourth-order valence-electron chi connectivity index (χ4n) is 5.85. The van der Waals surface area contributed by atoms with Gasteiger partial charge >= 0.3 is 5.97 Å². The maximum Gasteiger partial charge on any atom is 0.350 e. The lowest BCUT2D eigenvalue weighted by Gasteiger charge is -2.27. The maximum atomic E-state index is 13.8. The quantitative estimate of drug-likeness (QED) is 0.212. The minimum atomic E-state index is -2.01. The molecule has 0 bridgehead atoms. The van der Waals surface area contributed by atoms with E-state index >= 15 is 0 Å². The first-order valence-corrected chi connectivity index (χ1v) is 13.1. The number of epoxide rings is 1. The van der Waals surface area contributed by atoms with E-state index in [0.29, 0.717) is 30.8 Å². The number of carbonyl (C=O) groups is 3. The lowest BCUT2D eigenvalue weighted by Crippen LogP contribution is -2.51. The largest absolute Gasteiger partial charge is 0.460 e. The van der Waals surface area contributed by atoms with Gasteiger partial charge in [-0.3, -0.25) is 9.59 Å². The zero-order valence-electron chi connectivity index (χ0n) is 21.2. The Labute approximate surface area is 216 Å². The van der Waals surface area contributed by atoms with Crippen LogP contribution in [0.5, 0.6) is 0 Å². The number of aliphatic hydroxyl groups is 1. The Morgan fingerprint density at radius 1 is 1.16 bits per heavy atom. The van der Waals surface area contributed by atoms with Crippen LogP contribution in [0.4, 0.5) is 0 Å². The highest BCUT2D eigenvalue weighted by molar-refractivity contribution is 6.32. The van der Waals surface area contributed by atoms with Gasteiger partial charge in [-0.15, -0.1) is 0 Å². The van der Waals surface area contributed by atoms with E-state index in [4.69, 9.17) is 15.2 Å². The Balaban J connectivity index is 1.45. The number of Topliss-reactive ketones (excluding diaryl/α,β-unsaturated/α-hetero) is 2. The first kappa shape index (κ1) is 25.4. The van der Waals surface area contributed by atoms with E-state index in [2.05, 4.69) is 11.4 Å². The zero-order valence-corrected chi connectivity index (χ0v) is 21.2. The van der Waals surface area contributed by atoms with Gasteiger partial charge in [0.1, 0.15) is 6.10 Å². The number of hydrogen-bond donors (Lipinski definition) is 3. The van der Waals surface area contributed by atoms with E-state index < -0.39 is 28.7 Å². The second-order valence-corrected chi connectivity index (χ2v) is 10.5. The summed E-state index contributed by atoms with van der Waals surface area (Å²) >= 11 is 0. The lowest BCUT2D eigenvalue weighted by atomic mass is 9.71. The van der Waals surface area contributed by atoms with Gasteiger partial charge in [-0.1, -0.05) is 42.3 Å². The molecular formula is C29H34N2O6. The number of fused-ring (bicyclic) bond motifs is 2. The van der Waals surface area contributed by atoms with Gasteiger partial charge in [0.2, 0.25) is 5.78 Å². The predicted molar refractivity (Wildman–Crippen MR) is 137 cm³/mol. The molecule has 0 amide bonds. The summed E-state index contributed by atoms with van der Waals surface area (Å²) in [7, 11) is 0. The van der Waals surface area contributed by atoms with E-state index in [1.807, 2.05) is 13.0 Å². The van der Waals surface area contributed by atoms with Crippen LogP contribution in [0.15, 0.2) is 59.0 Å². The normalized spacial score (nSPS) is 27.7. The third kappa shape index (κ3) is 4.32. The van der Waals surface area contributed by atoms with Crippen molar-refractivity contribution in [1.29, 1.82) is 0 Å². The number of esters is 1. The number of hydrogen-bond acceptors (Lipinski definition) is 8. The van der Waals surface area contributed by atoms with Crippen LogP contribution in [0.2, 0.25) is 0 Å². The van der Waals surface area contributed by atoms with Crippen LogP contribution >= 0.6 is 0 Å². The molecule has 1 saturated heterocycles. The summed E-state index contributed by atoms with van der Waals surface area (Å²) in [5.74, 6) is -1.14. The average Bonchev–Trinajstić information content (AvgIpc) is 3.61. The number of dihydropyridines is 1. The van der Waals surface area contributed by atoms with E-state index in [-0.39, 0.29) is 30.3 Å². The molecule has 8 nitrogen and oxygen atoms in total. The van der Waals surface area contributed by atoms with Gasteiger partial charge in [0, 0.05) is 24.1 Å². The molecule has 37 heavy (non-hydrogen) atoms. The average molecular weight is 507 g/mol. The molecule has 4 aliphatic rings. The van der Waals surface area contributed by atoms with Crippen molar-refractivity contribution in [3.05, 3.63) is 70.1 Å². The van der Waals surface area contributed by atoms with Crippen LogP contribution in [0.25, 0.3) is 0 Å². The molecule has 2 fully saturated rings. The second kappa shape index (κ2) is 9.91. The van der Waals surface area contributed by atoms with Crippen LogP contribution in [-0.2, 0) is 14.3 Å². The Bertz CT molecular complexity index is 1220. The van der Waals surface area contributed by atoms with Crippen LogP contribution in [0.3, 0.4) is 0 Å². The fourth-order valence-corrected chi connectivity index (χ4v) is 5.85. The Kier molecular flexibility index (Phi) is 6.81. The molecule has 5 rings (SSSR count). The highest BCUT2D eigenvalue weighted by atomic mass is 16.7. The molecule has 2 heterocycles. The van der Waals surface area contributed by atoms with Crippen LogP contribution in [0, 0.1) is 0 Å². The Morgan fingerprint density at radius 2 is 1.86 bits per heavy atom. The summed E-state index contributed by atoms with van der Waals surface area (Å²) in [6.07, 6.45) is 9.39. The number of allylic oxidation sites excluding steroid dienone is 3. The molecule has 1 aromatic rings. The maximum absolute atomic E-state index is 13.8. The monoisotopic (exact) mass is 506 g/mol. The van der Waals surface area contributed by atoms with E-state index in [9.17, 15) is 19.5 Å². The van der Waals surface area contributed by atoms with Gasteiger partial charge in [0.15, 0.2) is 11.4 Å². The summed E-state index contributed by atoms with van der Waals surface area (Å²) in [4.78, 5) is 41.1. The summed E-state index contributed by atoms with van der Waals surface area (Å²) in [6.45, 7) is 2.24. The van der Waals surface area contributed by atoms with Crippen LogP contribution in [-0.4, -0.2) is 53.1 Å². The van der Waals surface area contributed by atoms with Crippen molar-refractivity contribution < 1.29 is 29.0 Å². The SMILES string of the molecule is C/C(CCC1=CCNC(N)=C1)=C(/CO)C[C@@]12O[C@]1(C(=O)OC1CCCCC1)C(=O)c1ccccc1C2=O. The number of benzene rings is 1. The molecule has 2 aliphatic heterocycles. The van der Waals surface area contributed by atoms with Crippen molar-refractivity contribution in [2.24, 2.45) is 5.73 Å². The predicted octanol–water partition coefficient (Wildman–Crippen LogP) is 3.26. The second-order valence-electron chi connectivity index (χ2n) is 10.5. The Morgan fingerprint density at radius 3 is 2.54 bits per heavy atom. The van der Waals surface area contributed by atoms with Gasteiger partial charge in [-0.25, -0.2) is 4.79 Å². The summed E-state index contributed by atoms with van der Waals surface area (Å²) in [5.41, 5.74) is 5.11. The standard InChI is InChI=1S/C29H34N2O6/c1-18(11-12-19-13-14-31-24(30)15-19)20(17-32)16-28-25(33)22-9-5-6-10-23(22)26(34)29(28,37-28)27(35)36-21-7-3-2-4-8-21/h5-6,9-10,13,15,21,31-32H,2-4,7-8,11-12,14,16-17,30H2,1H3/b20-18-/t28-,29-/m0/s1. The van der Waals surface area contributed by atoms with E-state index in [0.717, 1.165) is 43.3 Å². The van der Waals surface area contributed by atoms with Gasteiger partial charge in [0.05, 0.1) is 12.4 Å². The minimum absolute atomic E-state index is 0.0490. The number of aliphatic hydroxyl groups excluding tert-OH is 1. The number of rotatable bonds is 8. The lowest BCUT2D eigenvalue weighted by molar-refractivity contribution is -0.155. The number of nitrogens with two attached hydrogens (primary N) is 1. The molecule has 0 aromatic heterocycles. The molecule has 1 aromatic carbocycles. The van der Waals surface area contributed by atoms with Crippen molar-refractivity contribution in [3.63, 3.8) is 0 Å². The molecule has 4 N–H and O–H groups in total. The van der Waals surface area contributed by atoms with Crippen molar-refractivity contribution in [2.45, 2.75) is 75.6 Å². The van der Waals surface area contributed by atoms with Crippen LogP contribution in [0.1, 0.15) is 79.0 Å². The Hall–Kier alpha value is -3.23. The molecule has 0 radical (unpaired) electrons. The highest BCUT2D eigenvalue weighted by Crippen LogP contribution is 2.59. The van der Waals surface area contributed by atoms with Gasteiger partial charge in [-0.05, 0) is 62.7 Å². The minimum Gasteiger partial charge on any atom is -0.460 e. The molecule has 0 unspecified atom stereocenters. The van der Waals surface area contributed by atoms with Crippen molar-refractivity contribution in [3.8, 4) is 0 Å². The van der Waals surface area contributed by atoms with Crippen molar-refractivity contribution in [2.75, 3.05) is 13.2 Å². The molecule has 1 saturated carbocycles. The molecule has 2 aliphatic carbocycles. The summed E-state index contributed by atoms with van der Waals surface area (Å²) in [5, 5.41) is 13.3. The number of carbonyl (C=O) groups excluding carboxylic acids is 3. The number of ketones is 2. The van der Waals surface area contributed by atoms with E-state index in [1.54, 1.807) is 24.3 Å². The third-order valence-corrected chi connectivity index (χ3v) is 8.13. The summed E-state index contributed by atoms with van der Waals surface area (Å²) in [6, 6.07) is 6.49.